The molecule has 0 aliphatic heterocycles. The third-order valence-corrected chi connectivity index (χ3v) is 4.10. The first-order valence-electron chi connectivity index (χ1n) is 8.15. The third-order valence-electron chi connectivity index (χ3n) is 3.71. The number of nitro benzene ring substituents is 1. The molecule has 0 bridgehead atoms. The monoisotopic (exact) mass is 420 g/mol. The van der Waals surface area contributed by atoms with Crippen molar-refractivity contribution in [3.8, 4) is 11.5 Å². The van der Waals surface area contributed by atoms with E-state index in [2.05, 4.69) is 15.5 Å². The van der Waals surface area contributed by atoms with E-state index in [1.165, 1.54) is 57.5 Å². The van der Waals surface area contributed by atoms with Crippen LogP contribution < -0.4 is 14.8 Å². The van der Waals surface area contributed by atoms with Gasteiger partial charge in [-0.15, -0.1) is 0 Å². The van der Waals surface area contributed by atoms with Crippen LogP contribution in [0, 0.1) is 10.1 Å². The molecule has 0 saturated heterocycles. The number of rotatable bonds is 8. The summed E-state index contributed by atoms with van der Waals surface area (Å²) >= 11 is 6.19. The summed E-state index contributed by atoms with van der Waals surface area (Å²) in [7, 11) is 2.84. The van der Waals surface area contributed by atoms with Crippen molar-refractivity contribution < 1.29 is 24.0 Å². The number of carbonyl (C=O) groups is 2. The van der Waals surface area contributed by atoms with Crippen molar-refractivity contribution >= 4 is 40.4 Å². The number of azo groups is 1. The molecule has 0 aliphatic rings. The van der Waals surface area contributed by atoms with Gasteiger partial charge < -0.3 is 14.8 Å². The van der Waals surface area contributed by atoms with Gasteiger partial charge in [0.25, 0.3) is 11.6 Å². The molecule has 2 aromatic carbocycles. The van der Waals surface area contributed by atoms with Gasteiger partial charge in [-0.05, 0) is 19.1 Å². The molecule has 0 heterocycles. The molecule has 1 N–H and O–H groups in total. The molecular weight excluding hydrogens is 404 g/mol. The second kappa shape index (κ2) is 9.60. The SMILES string of the molecule is COc1cc(NC(=O)C(N=Nc2ccc([N+](=O)[O-])cc2)C(C)=O)c(Cl)c(OC)c1. The van der Waals surface area contributed by atoms with Crippen LogP contribution in [0.5, 0.6) is 11.5 Å². The summed E-state index contributed by atoms with van der Waals surface area (Å²) in [6, 6.07) is 6.72. The summed E-state index contributed by atoms with van der Waals surface area (Å²) in [6.45, 7) is 1.19. The quantitative estimate of drug-likeness (QED) is 0.297. The van der Waals surface area contributed by atoms with E-state index in [0.29, 0.717) is 5.75 Å². The minimum Gasteiger partial charge on any atom is -0.497 e. The van der Waals surface area contributed by atoms with Crippen molar-refractivity contribution in [1.29, 1.82) is 0 Å². The highest BCUT2D eigenvalue weighted by atomic mass is 35.5. The normalized spacial score (nSPS) is 11.7. The Morgan fingerprint density at radius 2 is 1.83 bits per heavy atom. The van der Waals surface area contributed by atoms with E-state index in [1.54, 1.807) is 0 Å². The fourth-order valence-corrected chi connectivity index (χ4v) is 2.45. The third kappa shape index (κ3) is 5.48. The smallest absolute Gasteiger partial charge is 0.269 e. The van der Waals surface area contributed by atoms with Gasteiger partial charge >= 0.3 is 0 Å². The van der Waals surface area contributed by atoms with Gasteiger partial charge in [0.1, 0.15) is 16.5 Å². The molecule has 0 aromatic heterocycles. The fourth-order valence-electron chi connectivity index (χ4n) is 2.21. The van der Waals surface area contributed by atoms with Gasteiger partial charge in [-0.3, -0.25) is 19.7 Å². The van der Waals surface area contributed by atoms with Crippen molar-refractivity contribution in [2.45, 2.75) is 13.0 Å². The van der Waals surface area contributed by atoms with Gasteiger partial charge in [-0.1, -0.05) is 11.6 Å². The number of methoxy groups -OCH3 is 2. The van der Waals surface area contributed by atoms with E-state index in [9.17, 15) is 19.7 Å². The van der Waals surface area contributed by atoms with E-state index < -0.39 is 22.7 Å². The average molecular weight is 421 g/mol. The number of halogens is 1. The summed E-state index contributed by atoms with van der Waals surface area (Å²) in [5.41, 5.74) is 0.298. The number of benzene rings is 2. The fraction of sp³-hybridized carbons (Fsp3) is 0.222. The summed E-state index contributed by atoms with van der Waals surface area (Å²) in [4.78, 5) is 34.6. The molecule has 0 aliphatic carbocycles. The Morgan fingerprint density at radius 1 is 1.17 bits per heavy atom. The molecule has 1 unspecified atom stereocenters. The topological polar surface area (TPSA) is 132 Å². The lowest BCUT2D eigenvalue weighted by atomic mass is 10.2. The Balaban J connectivity index is 2.24. The number of nitrogens with one attached hydrogen (secondary N) is 1. The Hall–Kier alpha value is -3.53. The van der Waals surface area contributed by atoms with Crippen molar-refractivity contribution in [2.75, 3.05) is 19.5 Å². The van der Waals surface area contributed by atoms with Crippen LogP contribution in [0.3, 0.4) is 0 Å². The van der Waals surface area contributed by atoms with Crippen LogP contribution in [-0.2, 0) is 9.59 Å². The Bertz CT molecular complexity index is 962. The van der Waals surface area contributed by atoms with Crippen LogP contribution in [0.4, 0.5) is 17.1 Å². The molecule has 11 heteroatoms. The highest BCUT2D eigenvalue weighted by molar-refractivity contribution is 6.35. The molecular formula is C18H17ClN4O6. The Kier molecular flexibility index (Phi) is 7.21. The number of non-ortho nitro benzene ring substituents is 1. The van der Waals surface area contributed by atoms with Crippen LogP contribution in [0.15, 0.2) is 46.6 Å². The van der Waals surface area contributed by atoms with Crippen LogP contribution in [0.25, 0.3) is 0 Å². The second-order valence-corrected chi connectivity index (χ2v) is 6.06. The highest BCUT2D eigenvalue weighted by Crippen LogP contribution is 2.36. The zero-order chi connectivity index (χ0) is 21.6. The number of nitro groups is 1. The van der Waals surface area contributed by atoms with Crippen LogP contribution in [0.1, 0.15) is 6.92 Å². The molecule has 29 heavy (non-hydrogen) atoms. The molecule has 0 saturated carbocycles. The summed E-state index contributed by atoms with van der Waals surface area (Å²) in [5.74, 6) is -0.666. The van der Waals surface area contributed by atoms with E-state index >= 15 is 0 Å². The first-order chi connectivity index (χ1) is 13.8. The largest absolute Gasteiger partial charge is 0.497 e. The summed E-state index contributed by atoms with van der Waals surface area (Å²) < 4.78 is 10.3. The molecule has 0 fully saturated rings. The maximum Gasteiger partial charge on any atom is 0.269 e. The number of Topliss-reactive ketones (excluding diaryl/α,β-unsaturated/α-hetero) is 1. The van der Waals surface area contributed by atoms with Gasteiger partial charge in [0, 0.05) is 24.3 Å². The number of anilines is 1. The zero-order valence-corrected chi connectivity index (χ0v) is 16.5. The van der Waals surface area contributed by atoms with Gasteiger partial charge in [-0.2, -0.15) is 10.2 Å². The van der Waals surface area contributed by atoms with Crippen LogP contribution in [-0.4, -0.2) is 36.9 Å². The molecule has 1 atom stereocenters. The maximum atomic E-state index is 12.6. The molecule has 1 amide bonds. The molecule has 2 rings (SSSR count). The summed E-state index contributed by atoms with van der Waals surface area (Å²) in [5, 5.41) is 20.9. The van der Waals surface area contributed by atoms with Crippen molar-refractivity contribution in [3.05, 3.63) is 51.5 Å². The van der Waals surface area contributed by atoms with Crippen LogP contribution >= 0.6 is 11.6 Å². The minimum atomic E-state index is -1.45. The number of hydrogen-bond donors (Lipinski definition) is 1. The molecule has 152 valence electrons. The lowest BCUT2D eigenvalue weighted by Crippen LogP contribution is -2.32. The zero-order valence-electron chi connectivity index (χ0n) is 15.7. The number of hydrogen-bond acceptors (Lipinski definition) is 8. The first-order valence-corrected chi connectivity index (χ1v) is 8.52. The van der Waals surface area contributed by atoms with Gasteiger partial charge in [0.2, 0.25) is 6.04 Å². The Labute approximate surface area is 170 Å². The molecule has 0 spiro atoms. The maximum absolute atomic E-state index is 12.6. The molecule has 0 radical (unpaired) electrons. The predicted octanol–water partition coefficient (Wildman–Crippen LogP) is 3.95. The lowest BCUT2D eigenvalue weighted by molar-refractivity contribution is -0.384. The highest BCUT2D eigenvalue weighted by Gasteiger charge is 2.25. The molecule has 2 aromatic rings. The standard InChI is InChI=1S/C18H17ClN4O6/c1-10(24)17(22-21-11-4-6-12(7-5-11)23(26)27)18(25)20-14-8-13(28-2)9-15(29-3)16(14)19/h4-9,17H,1-3H3,(H,20,25). The second-order valence-electron chi connectivity index (χ2n) is 5.68. The lowest BCUT2D eigenvalue weighted by Gasteiger charge is -2.14. The number of carbonyl (C=O) groups excluding carboxylic acids is 2. The van der Waals surface area contributed by atoms with Crippen molar-refractivity contribution in [1.82, 2.24) is 0 Å². The van der Waals surface area contributed by atoms with Gasteiger partial charge in [-0.25, -0.2) is 0 Å². The Morgan fingerprint density at radius 3 is 2.34 bits per heavy atom. The van der Waals surface area contributed by atoms with E-state index in [1.807, 2.05) is 0 Å². The number of ketones is 1. The van der Waals surface area contributed by atoms with Gasteiger partial charge in [0.15, 0.2) is 5.78 Å². The minimum absolute atomic E-state index is 0.119. The average Bonchev–Trinajstić information content (AvgIpc) is 2.69. The van der Waals surface area contributed by atoms with E-state index in [4.69, 9.17) is 21.1 Å². The summed E-state index contributed by atoms with van der Waals surface area (Å²) in [6.07, 6.45) is 0. The first kappa shape index (κ1) is 21.8. The van der Waals surface area contributed by atoms with Crippen molar-refractivity contribution in [2.24, 2.45) is 10.2 Å². The van der Waals surface area contributed by atoms with E-state index in [-0.39, 0.29) is 27.8 Å². The number of nitrogens with zero attached hydrogens (tertiary/aromatic N) is 3. The van der Waals surface area contributed by atoms with E-state index in [0.717, 1.165) is 0 Å². The number of amides is 1. The van der Waals surface area contributed by atoms with Crippen LogP contribution in [0.2, 0.25) is 5.02 Å². The van der Waals surface area contributed by atoms with Gasteiger partial charge in [0.05, 0.1) is 30.5 Å². The molecule has 10 nitrogen and oxygen atoms in total. The number of ether oxygens (including phenoxy) is 2. The predicted molar refractivity (Wildman–Crippen MR) is 105 cm³/mol. The van der Waals surface area contributed by atoms with Crippen molar-refractivity contribution in [3.63, 3.8) is 0 Å².